The molecule has 2 aliphatic rings. The number of carbonyl (C=O) groups excluding carboxylic acids is 2. The summed E-state index contributed by atoms with van der Waals surface area (Å²) in [6.45, 7) is 13.0. The molecule has 0 unspecified atom stereocenters. The Kier molecular flexibility index (Phi) is 5.62. The van der Waals surface area contributed by atoms with Crippen LogP contribution in [0.3, 0.4) is 0 Å². The molecule has 0 aromatic carbocycles. The molecule has 24 heavy (non-hydrogen) atoms. The van der Waals surface area contributed by atoms with Crippen molar-refractivity contribution in [1.82, 2.24) is 5.32 Å². The van der Waals surface area contributed by atoms with Crippen LogP contribution in [0, 0.1) is 11.8 Å². The Morgan fingerprint density at radius 1 is 1.21 bits per heavy atom. The number of Topliss-reactive ketones (excluding diaryl/α,β-unsaturated/α-hetero) is 1. The molecule has 0 aromatic rings. The van der Waals surface area contributed by atoms with Crippen LogP contribution in [0.15, 0.2) is 0 Å². The second-order valence-corrected chi connectivity index (χ2v) is 13.6. The molecule has 1 aliphatic heterocycles. The second-order valence-electron chi connectivity index (χ2n) is 8.81. The third-order valence-corrected chi connectivity index (χ3v) is 10.7. The Morgan fingerprint density at radius 2 is 1.83 bits per heavy atom. The van der Waals surface area contributed by atoms with Gasteiger partial charge in [0.15, 0.2) is 14.1 Å². The zero-order chi connectivity index (χ0) is 18.3. The Hall–Kier alpha value is -0.723. The molecule has 5 atom stereocenters. The molecule has 1 saturated carbocycles. The fraction of sp³-hybridized carbons (Fsp3) is 0.889. The first-order valence-corrected chi connectivity index (χ1v) is 11.9. The number of nitrogens with one attached hydrogen (secondary N) is 1. The van der Waals surface area contributed by atoms with Crippen molar-refractivity contribution in [2.45, 2.75) is 83.3 Å². The topological polar surface area (TPSA) is 64.6 Å². The summed E-state index contributed by atoms with van der Waals surface area (Å²) in [7, 11) is -0.361. The van der Waals surface area contributed by atoms with E-state index in [0.29, 0.717) is 0 Å². The smallest absolute Gasteiger partial charge is 0.228 e. The lowest BCUT2D eigenvalue weighted by Gasteiger charge is -2.48. The van der Waals surface area contributed by atoms with Gasteiger partial charge in [0.25, 0.3) is 0 Å². The quantitative estimate of drug-likeness (QED) is 0.608. The summed E-state index contributed by atoms with van der Waals surface area (Å²) >= 11 is 0. The van der Waals surface area contributed by atoms with Gasteiger partial charge in [-0.25, -0.2) is 0 Å². The summed E-state index contributed by atoms with van der Waals surface area (Å²) < 4.78 is 11.7. The van der Waals surface area contributed by atoms with Crippen LogP contribution < -0.4 is 5.32 Å². The van der Waals surface area contributed by atoms with Crippen LogP contribution in [-0.2, 0) is 18.8 Å². The minimum atomic E-state index is -1.95. The first-order valence-electron chi connectivity index (χ1n) is 9.04. The van der Waals surface area contributed by atoms with E-state index in [0.717, 1.165) is 19.3 Å². The highest BCUT2D eigenvalue weighted by Crippen LogP contribution is 2.40. The maximum atomic E-state index is 12.6. The summed E-state index contributed by atoms with van der Waals surface area (Å²) in [5.74, 6) is -0.225. The molecule has 1 aliphatic carbocycles. The molecule has 0 aromatic heterocycles. The Bertz CT molecular complexity index is 500. The van der Waals surface area contributed by atoms with Crippen molar-refractivity contribution in [2.75, 3.05) is 7.11 Å². The second kappa shape index (κ2) is 6.88. The molecule has 1 saturated heterocycles. The Morgan fingerprint density at radius 3 is 2.33 bits per heavy atom. The van der Waals surface area contributed by atoms with Gasteiger partial charge in [-0.3, -0.25) is 9.59 Å². The van der Waals surface area contributed by atoms with E-state index < -0.39 is 8.32 Å². The third kappa shape index (κ3) is 3.60. The maximum Gasteiger partial charge on any atom is 0.228 e. The van der Waals surface area contributed by atoms with Crippen LogP contribution >= 0.6 is 0 Å². The molecule has 1 heterocycles. The summed E-state index contributed by atoms with van der Waals surface area (Å²) in [6, 6.07) is -0.109. The number of rotatable bonds is 5. The predicted octanol–water partition coefficient (Wildman–Crippen LogP) is 2.90. The fourth-order valence-corrected chi connectivity index (χ4v) is 5.05. The number of ether oxygens (including phenoxy) is 1. The van der Waals surface area contributed by atoms with Crippen molar-refractivity contribution in [3.8, 4) is 0 Å². The lowest BCUT2D eigenvalue weighted by atomic mass is 9.71. The molecule has 0 radical (unpaired) electrons. The highest BCUT2D eigenvalue weighted by Gasteiger charge is 2.52. The first-order chi connectivity index (χ1) is 11.0. The van der Waals surface area contributed by atoms with E-state index in [-0.39, 0.29) is 46.8 Å². The van der Waals surface area contributed by atoms with E-state index in [1.807, 2.05) is 6.92 Å². The number of hydrogen-bond acceptors (Lipinski definition) is 4. The first kappa shape index (κ1) is 19.6. The van der Waals surface area contributed by atoms with Gasteiger partial charge in [0, 0.05) is 13.0 Å². The molecular formula is C18H33NO4Si. The van der Waals surface area contributed by atoms with E-state index in [2.05, 4.69) is 39.2 Å². The van der Waals surface area contributed by atoms with E-state index in [1.165, 1.54) is 0 Å². The minimum Gasteiger partial charge on any atom is -0.413 e. The molecule has 1 amide bonds. The fourth-order valence-electron chi connectivity index (χ4n) is 3.62. The molecule has 0 spiro atoms. The predicted molar refractivity (Wildman–Crippen MR) is 96.3 cm³/mol. The highest BCUT2D eigenvalue weighted by molar-refractivity contribution is 6.74. The lowest BCUT2D eigenvalue weighted by molar-refractivity contribution is -0.149. The SMILES string of the molecule is CO[C@H]1CCC[C@H]([C@@H]2NC(=O)[C@@H]2[C@@H](C)O[Si](C)(C)C(C)(C)C)C1=O. The number of carbonyl (C=O) groups is 2. The number of β-lactam (4-membered cyclic amide) rings is 1. The number of ketones is 1. The van der Waals surface area contributed by atoms with E-state index in [4.69, 9.17) is 9.16 Å². The van der Waals surface area contributed by atoms with Crippen molar-refractivity contribution < 1.29 is 18.8 Å². The molecule has 0 bridgehead atoms. The maximum absolute atomic E-state index is 12.6. The van der Waals surface area contributed by atoms with Gasteiger partial charge >= 0.3 is 0 Å². The van der Waals surface area contributed by atoms with Gasteiger partial charge in [0.2, 0.25) is 5.91 Å². The normalized spacial score (nSPS) is 33.0. The van der Waals surface area contributed by atoms with Crippen molar-refractivity contribution in [2.24, 2.45) is 11.8 Å². The Labute approximate surface area is 147 Å². The number of amides is 1. The highest BCUT2D eigenvalue weighted by atomic mass is 28.4. The van der Waals surface area contributed by atoms with Crippen molar-refractivity contribution >= 4 is 20.0 Å². The summed E-state index contributed by atoms with van der Waals surface area (Å²) in [5.41, 5.74) is 0. The Balaban J connectivity index is 2.09. The van der Waals surface area contributed by atoms with Crippen molar-refractivity contribution in [1.29, 1.82) is 0 Å². The minimum absolute atomic E-state index is 0.0125. The molecular weight excluding hydrogens is 322 g/mol. The monoisotopic (exact) mass is 355 g/mol. The molecule has 1 N–H and O–H groups in total. The summed E-state index contributed by atoms with van der Waals surface area (Å²) in [4.78, 5) is 24.8. The van der Waals surface area contributed by atoms with E-state index in [9.17, 15) is 9.59 Å². The molecule has 2 rings (SSSR count). The average Bonchev–Trinajstić information content (AvgIpc) is 2.43. The standard InChI is InChI=1S/C18H33NO4Si/c1-11(23-24(6,7)18(2,3)4)14-15(19-17(14)21)12-9-8-10-13(22-5)16(12)20/h11-15H,8-10H2,1-7H3,(H,19,21)/t11-,12-,13+,14-,15+/m1/s1. The summed E-state index contributed by atoms with van der Waals surface area (Å²) in [5, 5.41) is 3.06. The molecule has 2 fully saturated rings. The van der Waals surface area contributed by atoms with Crippen molar-refractivity contribution in [3.63, 3.8) is 0 Å². The van der Waals surface area contributed by atoms with Gasteiger partial charge in [-0.2, -0.15) is 0 Å². The number of hydrogen-bond donors (Lipinski definition) is 1. The average molecular weight is 356 g/mol. The van der Waals surface area contributed by atoms with Gasteiger partial charge < -0.3 is 14.5 Å². The van der Waals surface area contributed by atoms with Crippen molar-refractivity contribution in [3.05, 3.63) is 0 Å². The van der Waals surface area contributed by atoms with E-state index >= 15 is 0 Å². The van der Waals surface area contributed by atoms with Crippen LogP contribution in [0.1, 0.15) is 47.0 Å². The van der Waals surface area contributed by atoms with Crippen LogP contribution in [0.2, 0.25) is 18.1 Å². The summed E-state index contributed by atoms with van der Waals surface area (Å²) in [6.07, 6.45) is 2.09. The zero-order valence-corrected chi connectivity index (χ0v) is 17.1. The molecule has 5 nitrogen and oxygen atoms in total. The van der Waals surface area contributed by atoms with Gasteiger partial charge in [-0.05, 0) is 44.3 Å². The van der Waals surface area contributed by atoms with Crippen LogP contribution in [0.4, 0.5) is 0 Å². The van der Waals surface area contributed by atoms with E-state index in [1.54, 1.807) is 7.11 Å². The van der Waals surface area contributed by atoms with Gasteiger partial charge in [-0.15, -0.1) is 0 Å². The van der Waals surface area contributed by atoms with Crippen LogP contribution in [-0.4, -0.2) is 45.4 Å². The van der Waals surface area contributed by atoms with Crippen LogP contribution in [0.5, 0.6) is 0 Å². The number of methoxy groups -OCH3 is 1. The molecule has 6 heteroatoms. The third-order valence-electron chi connectivity index (χ3n) is 6.17. The zero-order valence-electron chi connectivity index (χ0n) is 16.1. The van der Waals surface area contributed by atoms with Gasteiger partial charge in [-0.1, -0.05) is 20.8 Å². The largest absolute Gasteiger partial charge is 0.413 e. The molecule has 138 valence electrons. The lowest BCUT2D eigenvalue weighted by Crippen LogP contribution is -2.68. The van der Waals surface area contributed by atoms with Crippen LogP contribution in [0.25, 0.3) is 0 Å². The van der Waals surface area contributed by atoms with Gasteiger partial charge in [0.1, 0.15) is 6.10 Å². The van der Waals surface area contributed by atoms with Gasteiger partial charge in [0.05, 0.1) is 18.1 Å².